The number of benzene rings is 2. The number of carbonyl (C=O) groups is 4. The molecule has 0 aromatic heterocycles. The number of ether oxygens (including phenoxy) is 7. The number of nitrogens with zero attached hydrogens (tertiary/aromatic N) is 4. The number of carboxylic acids is 1. The van der Waals surface area contributed by atoms with Crippen molar-refractivity contribution in [1.29, 1.82) is 0 Å². The van der Waals surface area contributed by atoms with E-state index in [-0.39, 0.29) is 46.9 Å². The van der Waals surface area contributed by atoms with Crippen LogP contribution in [0.3, 0.4) is 0 Å². The smallest absolute Gasteiger partial charge is 0.411 e. The number of esters is 1. The Kier molecular flexibility index (Phi) is 16.6. The largest absolute Gasteiger partial charge is 0.480 e. The summed E-state index contributed by atoms with van der Waals surface area (Å²) in [6, 6.07) is 9.19. The molecule has 71 heavy (non-hydrogen) atoms. The summed E-state index contributed by atoms with van der Waals surface area (Å²) in [5, 5.41) is 18.1. The topological polar surface area (TPSA) is 203 Å². The number of likely N-dealkylation sites (tertiary alicyclic amines) is 2. The van der Waals surface area contributed by atoms with Crippen molar-refractivity contribution in [2.24, 2.45) is 10.3 Å². The number of rotatable bonds is 4. The standard InChI is InChI=1S/C23H30N2O7.C19H22N2O7.C10H4.CH4/c1-21(2,3)30-19(26)16-11-23(12-25(16)20(27)31-22(4,5)6)10-15(24-32-23)14-7-8-17-18(9-14)29-13-28-17;1-18(2,3)27-17(24)21-9-19(8-13(21)16(22)23)7-12(20-28-19)11-4-5-14-15(6-11)26-10-25-14;1-3-5-7-9-10-8-6-4-2;/h7-9,16H,10-13H2,1-6H3;4-6,13H,7-10H2,1-3H3,(H,22,23);1-2H2;1H4/t16-,23+;13-,19+;;/m00../s1. The molecule has 18 nitrogen and oxygen atoms in total. The molecular formula is C53H60N4O14. The van der Waals surface area contributed by atoms with Gasteiger partial charge in [-0.15, -0.1) is 0 Å². The zero-order valence-corrected chi connectivity index (χ0v) is 40.7. The highest BCUT2D eigenvalue weighted by Crippen LogP contribution is 2.43. The Bertz CT molecular complexity index is 2710. The van der Waals surface area contributed by atoms with Crippen LogP contribution >= 0.6 is 0 Å². The summed E-state index contributed by atoms with van der Waals surface area (Å²) >= 11 is 0. The summed E-state index contributed by atoms with van der Waals surface area (Å²) in [6.07, 6.45) is -0.0269. The molecule has 2 fully saturated rings. The quantitative estimate of drug-likeness (QED) is 0.173. The highest BCUT2D eigenvalue weighted by atomic mass is 16.7. The van der Waals surface area contributed by atoms with E-state index in [2.05, 4.69) is 69.3 Å². The molecule has 2 aromatic carbocycles. The van der Waals surface area contributed by atoms with Crippen molar-refractivity contribution in [3.63, 3.8) is 0 Å². The zero-order chi connectivity index (χ0) is 51.1. The van der Waals surface area contributed by atoms with Crippen LogP contribution in [0, 0.1) is 0 Å². The Hall–Kier alpha value is -7.96. The lowest BCUT2D eigenvalue weighted by molar-refractivity contribution is -0.160. The number of amides is 2. The summed E-state index contributed by atoms with van der Waals surface area (Å²) in [5.41, 5.74) is 18.7. The van der Waals surface area contributed by atoms with Crippen LogP contribution in [0.25, 0.3) is 0 Å². The first-order valence-electron chi connectivity index (χ1n) is 22.2. The van der Waals surface area contributed by atoms with Crippen LogP contribution in [0.1, 0.15) is 107 Å². The fourth-order valence-electron chi connectivity index (χ4n) is 7.83. The maximum absolute atomic E-state index is 13.0. The van der Waals surface area contributed by atoms with E-state index in [0.29, 0.717) is 41.6 Å². The van der Waals surface area contributed by atoms with Gasteiger partial charge in [0.25, 0.3) is 0 Å². The van der Waals surface area contributed by atoms with Gasteiger partial charge < -0.3 is 47.9 Å². The fourth-order valence-corrected chi connectivity index (χ4v) is 7.83. The van der Waals surface area contributed by atoms with Crippen LogP contribution in [0.15, 0.2) is 106 Å². The molecule has 0 unspecified atom stereocenters. The Labute approximate surface area is 413 Å². The number of carbonyl (C=O) groups excluding carboxylic acids is 3. The molecule has 4 atom stereocenters. The second-order valence-corrected chi connectivity index (χ2v) is 19.7. The van der Waals surface area contributed by atoms with Gasteiger partial charge in [0.05, 0.1) is 24.5 Å². The van der Waals surface area contributed by atoms with E-state index in [0.717, 1.165) is 16.8 Å². The Morgan fingerprint density at radius 3 is 1.38 bits per heavy atom. The van der Waals surface area contributed by atoms with Gasteiger partial charge in [-0.3, -0.25) is 9.80 Å². The first-order chi connectivity index (χ1) is 32.9. The van der Waals surface area contributed by atoms with Gasteiger partial charge in [0.1, 0.15) is 28.9 Å². The van der Waals surface area contributed by atoms with Gasteiger partial charge >= 0.3 is 24.1 Å². The average Bonchev–Trinajstić information content (AvgIpc) is 4.14. The van der Waals surface area contributed by atoms with E-state index < -0.39 is 64.2 Å². The molecular weight excluding hydrogens is 917 g/mol. The number of oxime groups is 2. The molecule has 0 aliphatic carbocycles. The Morgan fingerprint density at radius 1 is 0.606 bits per heavy atom. The van der Waals surface area contributed by atoms with E-state index >= 15 is 0 Å². The van der Waals surface area contributed by atoms with Gasteiger partial charge in [-0.05, 0) is 146 Å². The van der Waals surface area contributed by atoms with Crippen molar-refractivity contribution in [3.05, 3.63) is 107 Å². The van der Waals surface area contributed by atoms with E-state index in [1.807, 2.05) is 30.3 Å². The average molecular weight is 977 g/mol. The predicted molar refractivity (Wildman–Crippen MR) is 257 cm³/mol. The van der Waals surface area contributed by atoms with Crippen LogP contribution in [0.4, 0.5) is 9.59 Å². The molecule has 1 N–H and O–H groups in total. The summed E-state index contributed by atoms with van der Waals surface area (Å²) < 4.78 is 38.0. The Morgan fingerprint density at radius 2 is 0.986 bits per heavy atom. The summed E-state index contributed by atoms with van der Waals surface area (Å²) in [7, 11) is 0. The molecule has 8 rings (SSSR count). The molecule has 6 aliphatic heterocycles. The van der Waals surface area contributed by atoms with Crippen molar-refractivity contribution in [3.8, 4) is 23.0 Å². The summed E-state index contributed by atoms with van der Waals surface area (Å²) in [5.74, 6) is 1.06. The molecule has 0 radical (unpaired) electrons. The molecule has 6 aliphatic rings. The van der Waals surface area contributed by atoms with Crippen LogP contribution in [-0.2, 0) is 33.5 Å². The third kappa shape index (κ3) is 14.1. The highest BCUT2D eigenvalue weighted by molar-refractivity contribution is 6.03. The third-order valence-corrected chi connectivity index (χ3v) is 10.6. The van der Waals surface area contributed by atoms with Gasteiger partial charge in [-0.2, -0.15) is 0 Å². The lowest BCUT2D eigenvalue weighted by Crippen LogP contribution is -2.46. The molecule has 6 heterocycles. The second-order valence-electron chi connectivity index (χ2n) is 19.7. The second kappa shape index (κ2) is 21.8. The number of fused-ring (bicyclic) bond motifs is 2. The number of hydrogen-bond acceptors (Lipinski definition) is 15. The van der Waals surface area contributed by atoms with Gasteiger partial charge in [0.15, 0.2) is 34.2 Å². The van der Waals surface area contributed by atoms with Crippen LogP contribution < -0.4 is 18.9 Å². The molecule has 0 bridgehead atoms. The van der Waals surface area contributed by atoms with E-state index in [1.54, 1.807) is 68.4 Å². The maximum atomic E-state index is 13.0. The Balaban J connectivity index is 0.000000221. The minimum absolute atomic E-state index is 0. The molecule has 0 saturated carbocycles. The van der Waals surface area contributed by atoms with E-state index in [4.69, 9.17) is 42.8 Å². The fraction of sp³-hybridized carbons (Fsp3) is 0.472. The monoisotopic (exact) mass is 976 g/mol. The molecule has 2 spiro atoms. The molecule has 376 valence electrons. The zero-order valence-electron chi connectivity index (χ0n) is 40.7. The predicted octanol–water partition coefficient (Wildman–Crippen LogP) is 8.68. The van der Waals surface area contributed by atoms with Gasteiger partial charge in [-0.1, -0.05) is 29.2 Å². The van der Waals surface area contributed by atoms with E-state index in [9.17, 15) is 24.3 Å². The number of carboxylic acid groups (broad SMARTS) is 1. The maximum Gasteiger partial charge on any atom is 0.411 e. The van der Waals surface area contributed by atoms with Crippen molar-refractivity contribution in [1.82, 2.24) is 9.80 Å². The SMILES string of the molecule is C.C=C=C=C=C=C=C=C=C=C.CC(C)(C)OC(=O)N1C[C@@]2(CC(c3ccc4c(c3)OCO4)=NO2)C[C@H]1C(=O)O.CC(C)(C)OC(=O)[C@@H]1C[C@]2(CC(c3ccc4c(c3)OCO4)=NO2)CN1C(=O)OC(C)(C)C. The molecule has 2 aromatic rings. The number of aliphatic carboxylic acids is 1. The molecule has 18 heteroatoms. The van der Waals surface area contributed by atoms with Crippen LogP contribution in [-0.4, -0.2) is 117 Å². The molecule has 2 saturated heterocycles. The lowest BCUT2D eigenvalue weighted by atomic mass is 9.91. The van der Waals surface area contributed by atoms with Gasteiger partial charge in [-0.25, -0.2) is 19.2 Å². The normalized spacial score (nSPS) is 21.6. The van der Waals surface area contributed by atoms with Crippen molar-refractivity contribution in [2.75, 3.05) is 26.7 Å². The van der Waals surface area contributed by atoms with Crippen LogP contribution in [0.5, 0.6) is 23.0 Å². The lowest BCUT2D eigenvalue weighted by Gasteiger charge is -2.29. The van der Waals surface area contributed by atoms with Gasteiger partial charge in [0, 0.05) is 36.8 Å². The minimum atomic E-state index is -1.09. The molecule has 2 amide bonds. The minimum Gasteiger partial charge on any atom is -0.480 e. The first-order valence-corrected chi connectivity index (χ1v) is 22.2. The van der Waals surface area contributed by atoms with Crippen molar-refractivity contribution in [2.45, 2.75) is 136 Å². The van der Waals surface area contributed by atoms with Crippen molar-refractivity contribution < 1.29 is 67.1 Å². The summed E-state index contributed by atoms with van der Waals surface area (Å²) in [6.45, 7) is 23.1. The summed E-state index contributed by atoms with van der Waals surface area (Å²) in [4.78, 5) is 64.3. The third-order valence-electron chi connectivity index (χ3n) is 10.6. The van der Waals surface area contributed by atoms with E-state index in [1.165, 1.54) is 9.80 Å². The van der Waals surface area contributed by atoms with Crippen LogP contribution in [0.2, 0.25) is 0 Å². The highest BCUT2D eigenvalue weighted by Gasteiger charge is 2.57. The van der Waals surface area contributed by atoms with Crippen molar-refractivity contribution >= 4 is 35.5 Å². The first kappa shape index (κ1) is 54.0. The van der Waals surface area contributed by atoms with Gasteiger partial charge in [0.2, 0.25) is 13.6 Å². The number of hydrogen-bond donors (Lipinski definition) is 1.